The third-order valence-electron chi connectivity index (χ3n) is 4.37. The van der Waals surface area contributed by atoms with Gasteiger partial charge in [-0.05, 0) is 36.6 Å². The lowest BCUT2D eigenvalue weighted by Crippen LogP contribution is -2.36. The first-order chi connectivity index (χ1) is 10.2. The van der Waals surface area contributed by atoms with Gasteiger partial charge in [0, 0.05) is 25.3 Å². The van der Waals surface area contributed by atoms with Gasteiger partial charge in [-0.3, -0.25) is 10.1 Å². The number of fused-ring (bicyclic) bond motifs is 2. The number of nitrogens with one attached hydrogen (secondary N) is 1. The fraction of sp³-hybridized carbons (Fsp3) is 0.467. The minimum atomic E-state index is -0.160. The Balaban J connectivity index is 1.59. The fourth-order valence-electron chi connectivity index (χ4n) is 3.17. The van der Waals surface area contributed by atoms with E-state index in [-0.39, 0.29) is 12.0 Å². The maximum atomic E-state index is 11.4. The topological polar surface area (TPSA) is 68.2 Å². The van der Waals surface area contributed by atoms with Crippen LogP contribution in [-0.2, 0) is 11.3 Å². The van der Waals surface area contributed by atoms with Crippen LogP contribution in [0.4, 0.5) is 11.4 Å². The number of amides is 1. The van der Waals surface area contributed by atoms with Gasteiger partial charge in [0.15, 0.2) is 0 Å². The van der Waals surface area contributed by atoms with Gasteiger partial charge in [-0.2, -0.15) is 0 Å². The van der Waals surface area contributed by atoms with Gasteiger partial charge in [0.1, 0.15) is 6.54 Å². The molecule has 1 aromatic rings. The van der Waals surface area contributed by atoms with Crippen LogP contribution >= 0.6 is 0 Å². The summed E-state index contributed by atoms with van der Waals surface area (Å²) in [4.78, 5) is 20.2. The molecule has 0 atom stereocenters. The van der Waals surface area contributed by atoms with Crippen molar-refractivity contribution in [3.8, 4) is 0 Å². The molecule has 0 bridgehead atoms. The molecule has 2 saturated heterocycles. The number of carbonyl (C=O) groups is 1. The summed E-state index contributed by atoms with van der Waals surface area (Å²) in [6.45, 7) is 2.88. The molecule has 1 aromatic carbocycles. The Labute approximate surface area is 123 Å². The molecule has 21 heavy (non-hydrogen) atoms. The van der Waals surface area contributed by atoms with E-state index in [9.17, 15) is 9.90 Å². The summed E-state index contributed by atoms with van der Waals surface area (Å²) in [5, 5.41) is 12.4. The van der Waals surface area contributed by atoms with Crippen molar-refractivity contribution < 1.29 is 9.90 Å². The molecule has 0 saturated carbocycles. The average molecular weight is 286 g/mol. The minimum Gasteiger partial charge on any atom is -0.393 e. The Morgan fingerprint density at radius 3 is 2.81 bits per heavy atom. The number of guanidine groups is 1. The number of hydrogen-bond donors (Lipinski definition) is 2. The van der Waals surface area contributed by atoms with Gasteiger partial charge in [-0.15, -0.1) is 0 Å². The summed E-state index contributed by atoms with van der Waals surface area (Å²) in [7, 11) is 0. The number of nitrogens with zero attached hydrogens (tertiary/aromatic N) is 3. The Morgan fingerprint density at radius 2 is 2.00 bits per heavy atom. The van der Waals surface area contributed by atoms with Crippen LogP contribution in [0.15, 0.2) is 23.2 Å². The molecular formula is C15H18N4O2. The number of aliphatic hydroxyl groups excluding tert-OH is 1. The molecule has 0 aliphatic carbocycles. The highest BCUT2D eigenvalue weighted by molar-refractivity contribution is 6.05. The first kappa shape index (κ1) is 12.6. The van der Waals surface area contributed by atoms with Crippen molar-refractivity contribution in [2.24, 2.45) is 4.99 Å². The van der Waals surface area contributed by atoms with Crippen molar-refractivity contribution in [2.75, 3.05) is 24.5 Å². The molecule has 0 radical (unpaired) electrons. The smallest absolute Gasteiger partial charge is 0.246 e. The molecule has 0 aromatic heterocycles. The highest BCUT2D eigenvalue weighted by atomic mass is 16.3. The summed E-state index contributed by atoms with van der Waals surface area (Å²) in [6, 6.07) is 6.26. The molecule has 1 amide bonds. The Bertz CT molecular complexity index is 620. The standard InChI is InChI=1S/C15H18N4O2/c20-12-3-5-18(6-4-12)11-1-2-13-10(7-11)8-19-9-14(21)17-15(19)16-13/h1-2,7,12,20H,3-6,8-9H2,(H,16,17,21). The largest absolute Gasteiger partial charge is 0.393 e. The Hall–Kier alpha value is -2.08. The monoisotopic (exact) mass is 286 g/mol. The quantitative estimate of drug-likeness (QED) is 0.792. The molecule has 2 N–H and O–H groups in total. The van der Waals surface area contributed by atoms with Crippen molar-refractivity contribution in [3.05, 3.63) is 23.8 Å². The zero-order valence-corrected chi connectivity index (χ0v) is 11.7. The van der Waals surface area contributed by atoms with Gasteiger partial charge >= 0.3 is 0 Å². The van der Waals surface area contributed by atoms with Gasteiger partial charge in [0.05, 0.1) is 11.8 Å². The van der Waals surface area contributed by atoms with Crippen LogP contribution in [0.2, 0.25) is 0 Å². The van der Waals surface area contributed by atoms with E-state index in [4.69, 9.17) is 0 Å². The van der Waals surface area contributed by atoms with Crippen molar-refractivity contribution in [1.29, 1.82) is 0 Å². The van der Waals surface area contributed by atoms with E-state index < -0.39 is 0 Å². The predicted octanol–water partition coefficient (Wildman–Crippen LogP) is 0.581. The van der Waals surface area contributed by atoms with Gasteiger partial charge in [0.25, 0.3) is 0 Å². The molecule has 0 spiro atoms. The van der Waals surface area contributed by atoms with E-state index in [2.05, 4.69) is 27.3 Å². The van der Waals surface area contributed by atoms with Crippen LogP contribution in [-0.4, -0.2) is 47.6 Å². The molecular weight excluding hydrogens is 268 g/mol. The second-order valence-corrected chi connectivity index (χ2v) is 5.87. The number of hydrogen-bond acceptors (Lipinski definition) is 5. The van der Waals surface area contributed by atoms with Crippen LogP contribution in [0.1, 0.15) is 18.4 Å². The lowest BCUT2D eigenvalue weighted by atomic mass is 10.1. The van der Waals surface area contributed by atoms with Crippen LogP contribution in [0.5, 0.6) is 0 Å². The molecule has 3 heterocycles. The summed E-state index contributed by atoms with van der Waals surface area (Å²) in [6.07, 6.45) is 1.49. The highest BCUT2D eigenvalue weighted by Crippen LogP contribution is 2.31. The van der Waals surface area contributed by atoms with Crippen LogP contribution < -0.4 is 10.2 Å². The lowest BCUT2D eigenvalue weighted by molar-refractivity contribution is -0.118. The summed E-state index contributed by atoms with van der Waals surface area (Å²) in [5.74, 6) is 0.674. The molecule has 110 valence electrons. The second kappa shape index (κ2) is 4.73. The number of piperidine rings is 1. The van der Waals surface area contributed by atoms with Crippen LogP contribution in [0.25, 0.3) is 0 Å². The maximum absolute atomic E-state index is 11.4. The fourth-order valence-corrected chi connectivity index (χ4v) is 3.17. The molecule has 6 nitrogen and oxygen atoms in total. The summed E-state index contributed by atoms with van der Waals surface area (Å²) >= 11 is 0. The number of benzene rings is 1. The average Bonchev–Trinajstić information content (AvgIpc) is 2.84. The van der Waals surface area contributed by atoms with Crippen molar-refractivity contribution in [1.82, 2.24) is 10.2 Å². The van der Waals surface area contributed by atoms with Crippen LogP contribution in [0, 0.1) is 0 Å². The SMILES string of the molecule is O=C1CN2Cc3cc(N4CCC(O)CC4)ccc3N=C2N1. The Kier molecular flexibility index (Phi) is 2.85. The maximum Gasteiger partial charge on any atom is 0.246 e. The predicted molar refractivity (Wildman–Crippen MR) is 79.5 cm³/mol. The number of anilines is 1. The molecule has 3 aliphatic rings. The first-order valence-corrected chi connectivity index (χ1v) is 7.38. The van der Waals surface area contributed by atoms with E-state index >= 15 is 0 Å². The van der Waals surface area contributed by atoms with E-state index in [0.29, 0.717) is 12.5 Å². The summed E-state index contributed by atoms with van der Waals surface area (Å²) in [5.41, 5.74) is 3.26. The lowest BCUT2D eigenvalue weighted by Gasteiger charge is -2.32. The third kappa shape index (κ3) is 2.25. The molecule has 0 unspecified atom stereocenters. The van der Waals surface area contributed by atoms with E-state index in [1.165, 1.54) is 5.69 Å². The first-order valence-electron chi connectivity index (χ1n) is 7.38. The van der Waals surface area contributed by atoms with Crippen molar-refractivity contribution in [2.45, 2.75) is 25.5 Å². The number of carbonyl (C=O) groups excluding carboxylic acids is 1. The zero-order chi connectivity index (χ0) is 14.4. The second-order valence-electron chi connectivity index (χ2n) is 5.87. The van der Waals surface area contributed by atoms with Crippen molar-refractivity contribution >= 4 is 23.2 Å². The minimum absolute atomic E-state index is 0.00629. The molecule has 3 aliphatic heterocycles. The van der Waals surface area contributed by atoms with Crippen LogP contribution in [0.3, 0.4) is 0 Å². The number of aliphatic hydroxyl groups is 1. The van der Waals surface area contributed by atoms with E-state index in [1.807, 2.05) is 11.0 Å². The molecule has 6 heteroatoms. The van der Waals surface area contributed by atoms with Gasteiger partial charge in [0.2, 0.25) is 11.9 Å². The highest BCUT2D eigenvalue weighted by Gasteiger charge is 2.29. The van der Waals surface area contributed by atoms with E-state index in [1.54, 1.807) is 0 Å². The normalized spacial score (nSPS) is 21.8. The van der Waals surface area contributed by atoms with Gasteiger partial charge in [-0.1, -0.05) is 0 Å². The molecule has 2 fully saturated rings. The van der Waals surface area contributed by atoms with E-state index in [0.717, 1.165) is 43.7 Å². The Morgan fingerprint density at radius 1 is 1.19 bits per heavy atom. The van der Waals surface area contributed by atoms with Crippen molar-refractivity contribution in [3.63, 3.8) is 0 Å². The number of rotatable bonds is 1. The third-order valence-corrected chi connectivity index (χ3v) is 4.37. The summed E-state index contributed by atoms with van der Waals surface area (Å²) < 4.78 is 0. The van der Waals surface area contributed by atoms with Gasteiger partial charge < -0.3 is 14.9 Å². The zero-order valence-electron chi connectivity index (χ0n) is 11.7. The molecule has 4 rings (SSSR count). The van der Waals surface area contributed by atoms with Gasteiger partial charge in [-0.25, -0.2) is 4.99 Å². The number of aliphatic imine (C=N–C) groups is 1.